The van der Waals surface area contributed by atoms with E-state index in [-0.39, 0.29) is 5.70 Å². The van der Waals surface area contributed by atoms with Crippen molar-refractivity contribution >= 4 is 11.9 Å². The van der Waals surface area contributed by atoms with Crippen molar-refractivity contribution in [3.8, 4) is 0 Å². The molecule has 0 aromatic rings. The maximum Gasteiger partial charge on any atom is 0.238 e. The normalized spacial score (nSPS) is 15.4. The van der Waals surface area contributed by atoms with Crippen molar-refractivity contribution in [1.29, 1.82) is 0 Å². The van der Waals surface area contributed by atoms with Crippen molar-refractivity contribution in [2.75, 3.05) is 7.05 Å². The maximum absolute atomic E-state index is 10.7. The van der Waals surface area contributed by atoms with Crippen LogP contribution in [0.1, 0.15) is 20.3 Å². The second-order valence-electron chi connectivity index (χ2n) is 3.13. The lowest BCUT2D eigenvalue weighted by atomic mass is 10.1. The molecular weight excluding hydrogens is 182 g/mol. The standard InChI is InChI=1S/C9H11N3O2/c1-4-7(5-13)12(3)8(6-14)9(2)10-11-9/h4H2,1-3H3. The molecule has 0 amide bonds. The van der Waals surface area contributed by atoms with Crippen LogP contribution in [0.2, 0.25) is 0 Å². The van der Waals surface area contributed by atoms with Crippen LogP contribution in [0, 0.1) is 0 Å². The first kappa shape index (κ1) is 10.4. The largest absolute Gasteiger partial charge is 0.330 e. The number of hydrogen-bond donors (Lipinski definition) is 0. The molecule has 0 fully saturated rings. The number of allylic oxidation sites excluding steroid dienone is 1. The third-order valence-corrected chi connectivity index (χ3v) is 2.14. The van der Waals surface area contributed by atoms with Gasteiger partial charge in [0.25, 0.3) is 0 Å². The molecule has 1 aliphatic rings. The number of carbonyl (C=O) groups excluding carboxylic acids is 2. The Morgan fingerprint density at radius 2 is 1.93 bits per heavy atom. The van der Waals surface area contributed by atoms with Crippen LogP contribution >= 0.6 is 0 Å². The third kappa shape index (κ3) is 1.64. The molecule has 1 aliphatic heterocycles. The summed E-state index contributed by atoms with van der Waals surface area (Å²) in [5.41, 5.74) is -0.173. The van der Waals surface area contributed by atoms with E-state index >= 15 is 0 Å². The molecule has 0 N–H and O–H groups in total. The van der Waals surface area contributed by atoms with E-state index in [1.54, 1.807) is 25.9 Å². The van der Waals surface area contributed by atoms with E-state index in [4.69, 9.17) is 0 Å². The average molecular weight is 193 g/mol. The number of likely N-dealkylation sites (N-methyl/N-ethyl adjacent to an activating group) is 1. The fourth-order valence-electron chi connectivity index (χ4n) is 1.17. The van der Waals surface area contributed by atoms with Gasteiger partial charge in [0.05, 0.1) is 0 Å². The van der Waals surface area contributed by atoms with Gasteiger partial charge in [-0.15, -0.1) is 0 Å². The van der Waals surface area contributed by atoms with Crippen molar-refractivity contribution < 1.29 is 9.59 Å². The molecule has 14 heavy (non-hydrogen) atoms. The topological polar surface area (TPSA) is 62.1 Å². The second kappa shape index (κ2) is 3.58. The van der Waals surface area contributed by atoms with Crippen LogP contribution in [0.4, 0.5) is 0 Å². The number of nitrogens with zero attached hydrogens (tertiary/aromatic N) is 3. The first-order valence-electron chi connectivity index (χ1n) is 4.26. The zero-order valence-electron chi connectivity index (χ0n) is 8.37. The van der Waals surface area contributed by atoms with Gasteiger partial charge in [0.15, 0.2) is 11.6 Å². The van der Waals surface area contributed by atoms with E-state index in [1.165, 1.54) is 4.90 Å². The maximum atomic E-state index is 10.7. The third-order valence-electron chi connectivity index (χ3n) is 2.14. The first-order chi connectivity index (χ1) is 6.59. The van der Waals surface area contributed by atoms with Crippen molar-refractivity contribution in [3.05, 3.63) is 11.4 Å². The fourth-order valence-corrected chi connectivity index (χ4v) is 1.17. The van der Waals surface area contributed by atoms with E-state index in [1.807, 2.05) is 6.92 Å². The summed E-state index contributed by atoms with van der Waals surface area (Å²) in [5.74, 6) is 3.53. The number of hydrogen-bond acceptors (Lipinski definition) is 5. The van der Waals surface area contributed by atoms with Gasteiger partial charge in [0.1, 0.15) is 11.6 Å². The minimum Gasteiger partial charge on any atom is -0.330 e. The van der Waals surface area contributed by atoms with Crippen molar-refractivity contribution in [2.45, 2.75) is 25.9 Å². The molecule has 0 spiro atoms. The van der Waals surface area contributed by atoms with Gasteiger partial charge in [-0.2, -0.15) is 10.2 Å². The molecule has 0 saturated carbocycles. The Kier molecular flexibility index (Phi) is 2.65. The molecule has 0 aliphatic carbocycles. The van der Waals surface area contributed by atoms with Crippen LogP contribution < -0.4 is 0 Å². The molecule has 0 aromatic carbocycles. The van der Waals surface area contributed by atoms with Crippen molar-refractivity contribution in [1.82, 2.24) is 4.90 Å². The highest BCUT2D eigenvalue weighted by Gasteiger charge is 2.42. The van der Waals surface area contributed by atoms with E-state index in [0.29, 0.717) is 12.1 Å². The van der Waals surface area contributed by atoms with Gasteiger partial charge in [-0.3, -0.25) is 0 Å². The molecule has 0 aromatic heterocycles. The summed E-state index contributed by atoms with van der Waals surface area (Å²) in [6, 6.07) is 0. The summed E-state index contributed by atoms with van der Waals surface area (Å²) in [5, 5.41) is 7.44. The molecule has 0 radical (unpaired) electrons. The smallest absolute Gasteiger partial charge is 0.238 e. The summed E-state index contributed by atoms with van der Waals surface area (Å²) in [6.07, 6.45) is 0.501. The quantitative estimate of drug-likeness (QED) is 0.624. The van der Waals surface area contributed by atoms with Gasteiger partial charge < -0.3 is 4.90 Å². The Morgan fingerprint density at radius 1 is 1.36 bits per heavy atom. The Hall–Kier alpha value is -1.70. The predicted molar refractivity (Wildman–Crippen MR) is 49.7 cm³/mol. The van der Waals surface area contributed by atoms with Crippen molar-refractivity contribution in [3.63, 3.8) is 0 Å². The van der Waals surface area contributed by atoms with Crippen LogP contribution in [-0.4, -0.2) is 29.5 Å². The van der Waals surface area contributed by atoms with Crippen LogP contribution in [-0.2, 0) is 9.59 Å². The molecule has 1 rings (SSSR count). The van der Waals surface area contributed by atoms with E-state index in [0.717, 1.165) is 0 Å². The highest BCUT2D eigenvalue weighted by Crippen LogP contribution is 2.36. The molecule has 5 nitrogen and oxygen atoms in total. The van der Waals surface area contributed by atoms with Gasteiger partial charge in [0, 0.05) is 7.05 Å². The lowest BCUT2D eigenvalue weighted by Gasteiger charge is -2.20. The minimum absolute atomic E-state index is 0.248. The summed E-state index contributed by atoms with van der Waals surface area (Å²) < 4.78 is 0. The average Bonchev–Trinajstić information content (AvgIpc) is 2.87. The van der Waals surface area contributed by atoms with Gasteiger partial charge in [-0.25, -0.2) is 9.59 Å². The van der Waals surface area contributed by atoms with E-state index in [2.05, 4.69) is 10.2 Å². The molecule has 0 atom stereocenters. The fraction of sp³-hybridized carbons (Fsp3) is 0.556. The van der Waals surface area contributed by atoms with Crippen LogP contribution in [0.5, 0.6) is 0 Å². The van der Waals surface area contributed by atoms with Crippen LogP contribution in [0.3, 0.4) is 0 Å². The second-order valence-corrected chi connectivity index (χ2v) is 3.13. The Morgan fingerprint density at radius 3 is 2.21 bits per heavy atom. The highest BCUT2D eigenvalue weighted by atomic mass is 16.1. The monoisotopic (exact) mass is 193 g/mol. The molecule has 0 bridgehead atoms. The lowest BCUT2D eigenvalue weighted by molar-refractivity contribution is 0.443. The molecule has 74 valence electrons. The highest BCUT2D eigenvalue weighted by molar-refractivity contribution is 5.61. The van der Waals surface area contributed by atoms with Crippen molar-refractivity contribution in [2.24, 2.45) is 10.2 Å². The Balaban J connectivity index is 2.93. The SMILES string of the molecule is CCC(=C=O)N(C)C(=C=O)C1(C)N=N1. The summed E-state index contributed by atoms with van der Waals surface area (Å²) in [4.78, 5) is 22.7. The lowest BCUT2D eigenvalue weighted by Crippen LogP contribution is -2.27. The zero-order valence-corrected chi connectivity index (χ0v) is 8.37. The van der Waals surface area contributed by atoms with Crippen LogP contribution in [0.25, 0.3) is 0 Å². The molecule has 0 saturated heterocycles. The van der Waals surface area contributed by atoms with Crippen LogP contribution in [0.15, 0.2) is 21.6 Å². The summed E-state index contributed by atoms with van der Waals surface area (Å²) in [7, 11) is 1.61. The van der Waals surface area contributed by atoms with E-state index < -0.39 is 5.66 Å². The molecule has 0 unspecified atom stereocenters. The summed E-state index contributed by atoms with van der Waals surface area (Å²) >= 11 is 0. The van der Waals surface area contributed by atoms with Gasteiger partial charge in [-0.1, -0.05) is 6.92 Å². The molecule has 1 heterocycles. The van der Waals surface area contributed by atoms with Gasteiger partial charge >= 0.3 is 0 Å². The predicted octanol–water partition coefficient (Wildman–Crippen LogP) is 0.941. The molecular formula is C9H11N3O2. The Bertz CT molecular complexity index is 368. The van der Waals surface area contributed by atoms with Gasteiger partial charge in [0.2, 0.25) is 5.66 Å². The van der Waals surface area contributed by atoms with E-state index in [9.17, 15) is 9.59 Å². The first-order valence-corrected chi connectivity index (χ1v) is 4.26. The molecule has 5 heteroatoms. The Labute approximate surface area is 81.8 Å². The zero-order chi connectivity index (χ0) is 10.8. The van der Waals surface area contributed by atoms with Gasteiger partial charge in [-0.05, 0) is 13.3 Å². The summed E-state index contributed by atoms with van der Waals surface area (Å²) in [6.45, 7) is 3.49. The minimum atomic E-state index is -0.812. The number of rotatable bonds is 4.